The molecule has 0 saturated carbocycles. The summed E-state index contributed by atoms with van der Waals surface area (Å²) in [6, 6.07) is 0. The first-order valence-electron chi connectivity index (χ1n) is 5.96. The number of hydrogen-bond acceptors (Lipinski definition) is 4. The summed E-state index contributed by atoms with van der Waals surface area (Å²) < 4.78 is 5.20. The topological polar surface area (TPSA) is 41.6 Å². The molecular formula is C12H26N2O2. The fourth-order valence-electron chi connectivity index (χ4n) is 1.14. The first-order valence-corrected chi connectivity index (χ1v) is 5.96. The van der Waals surface area contributed by atoms with E-state index in [0.717, 1.165) is 19.6 Å². The molecule has 0 saturated heterocycles. The van der Waals surface area contributed by atoms with E-state index in [2.05, 4.69) is 24.2 Å². The van der Waals surface area contributed by atoms with Crippen molar-refractivity contribution in [2.24, 2.45) is 0 Å². The van der Waals surface area contributed by atoms with Gasteiger partial charge in [-0.3, -0.25) is 4.79 Å². The highest BCUT2D eigenvalue weighted by Crippen LogP contribution is 2.07. The molecule has 0 aliphatic rings. The third-order valence-corrected chi connectivity index (χ3v) is 2.14. The van der Waals surface area contributed by atoms with E-state index < -0.39 is 0 Å². The van der Waals surface area contributed by atoms with Gasteiger partial charge in [-0.15, -0.1) is 0 Å². The van der Waals surface area contributed by atoms with Gasteiger partial charge in [0.1, 0.15) is 5.60 Å². The number of nitrogens with zero attached hydrogens (tertiary/aromatic N) is 1. The van der Waals surface area contributed by atoms with Crippen LogP contribution in [0.15, 0.2) is 0 Å². The summed E-state index contributed by atoms with van der Waals surface area (Å²) in [5, 5.41) is 3.22. The summed E-state index contributed by atoms with van der Waals surface area (Å²) in [5.74, 6) is -0.135. The van der Waals surface area contributed by atoms with E-state index >= 15 is 0 Å². The minimum absolute atomic E-state index is 0.135. The Kier molecular flexibility index (Phi) is 7.34. The van der Waals surface area contributed by atoms with Crippen LogP contribution in [0.1, 0.15) is 34.1 Å². The van der Waals surface area contributed by atoms with E-state index in [-0.39, 0.29) is 11.6 Å². The first-order chi connectivity index (χ1) is 7.35. The Morgan fingerprint density at radius 2 is 1.94 bits per heavy atom. The quantitative estimate of drug-likeness (QED) is 0.528. The van der Waals surface area contributed by atoms with Gasteiger partial charge in [-0.1, -0.05) is 6.92 Å². The Balaban J connectivity index is 3.42. The predicted molar refractivity (Wildman–Crippen MR) is 66.5 cm³/mol. The minimum atomic E-state index is -0.375. The van der Waals surface area contributed by atoms with Crippen molar-refractivity contribution in [3.05, 3.63) is 0 Å². The minimum Gasteiger partial charge on any atom is -0.460 e. The third kappa shape index (κ3) is 9.93. The molecule has 0 aromatic heterocycles. The van der Waals surface area contributed by atoms with E-state index in [9.17, 15) is 4.79 Å². The van der Waals surface area contributed by atoms with Gasteiger partial charge in [0.2, 0.25) is 0 Å². The summed E-state index contributed by atoms with van der Waals surface area (Å²) in [4.78, 5) is 13.6. The van der Waals surface area contributed by atoms with Crippen molar-refractivity contribution < 1.29 is 9.53 Å². The average Bonchev–Trinajstić information content (AvgIpc) is 2.14. The highest BCUT2D eigenvalue weighted by molar-refractivity contribution is 5.70. The van der Waals surface area contributed by atoms with Crippen LogP contribution in [0, 0.1) is 0 Å². The van der Waals surface area contributed by atoms with Gasteiger partial charge in [0, 0.05) is 19.6 Å². The van der Waals surface area contributed by atoms with Gasteiger partial charge in [-0.2, -0.15) is 0 Å². The molecule has 0 rings (SSSR count). The molecule has 0 aliphatic heterocycles. The van der Waals surface area contributed by atoms with Crippen LogP contribution in [-0.2, 0) is 9.53 Å². The normalized spacial score (nSPS) is 11.9. The molecule has 4 nitrogen and oxygen atoms in total. The molecule has 0 bridgehead atoms. The van der Waals surface area contributed by atoms with Crippen LogP contribution >= 0.6 is 0 Å². The molecule has 0 aliphatic carbocycles. The van der Waals surface area contributed by atoms with E-state index in [1.165, 1.54) is 0 Å². The molecule has 0 fully saturated rings. The lowest BCUT2D eigenvalue weighted by Crippen LogP contribution is -2.31. The Morgan fingerprint density at radius 3 is 2.44 bits per heavy atom. The molecule has 16 heavy (non-hydrogen) atoms. The number of carbonyl (C=O) groups excluding carboxylic acids is 1. The largest absolute Gasteiger partial charge is 0.460 e. The van der Waals surface area contributed by atoms with Crippen molar-refractivity contribution in [2.45, 2.75) is 39.7 Å². The van der Waals surface area contributed by atoms with Gasteiger partial charge < -0.3 is 15.0 Å². The smallest absolute Gasteiger partial charge is 0.307 e. The van der Waals surface area contributed by atoms with E-state index in [0.29, 0.717) is 13.0 Å². The molecule has 4 heteroatoms. The molecule has 0 unspecified atom stereocenters. The zero-order valence-electron chi connectivity index (χ0n) is 11.3. The number of carbonyl (C=O) groups is 1. The van der Waals surface area contributed by atoms with Crippen molar-refractivity contribution in [3.8, 4) is 0 Å². The number of rotatable bonds is 7. The highest BCUT2D eigenvalue weighted by Gasteiger charge is 2.15. The van der Waals surface area contributed by atoms with Crippen LogP contribution in [0.4, 0.5) is 0 Å². The maximum Gasteiger partial charge on any atom is 0.307 e. The van der Waals surface area contributed by atoms with Gasteiger partial charge in [-0.05, 0) is 34.4 Å². The number of likely N-dealkylation sites (N-methyl/N-ethyl adjacent to an activating group) is 1. The monoisotopic (exact) mass is 230 g/mol. The fraction of sp³-hybridized carbons (Fsp3) is 0.917. The molecule has 0 aromatic rings. The summed E-state index contributed by atoms with van der Waals surface area (Å²) in [6.07, 6.45) is 0.438. The number of ether oxygens (including phenoxy) is 1. The van der Waals surface area contributed by atoms with Crippen LogP contribution < -0.4 is 5.32 Å². The molecule has 1 N–H and O–H groups in total. The lowest BCUT2D eigenvalue weighted by Gasteiger charge is -2.19. The van der Waals surface area contributed by atoms with E-state index in [1.807, 2.05) is 20.8 Å². The molecule has 96 valence electrons. The van der Waals surface area contributed by atoms with Crippen LogP contribution in [0.2, 0.25) is 0 Å². The van der Waals surface area contributed by atoms with Crippen LogP contribution in [0.25, 0.3) is 0 Å². The zero-order valence-corrected chi connectivity index (χ0v) is 11.3. The second kappa shape index (κ2) is 7.63. The highest BCUT2D eigenvalue weighted by atomic mass is 16.6. The Bertz CT molecular complexity index is 200. The Labute approximate surface area is 99.3 Å². The Hall–Kier alpha value is -0.610. The molecule has 0 radical (unpaired) electrons. The summed E-state index contributed by atoms with van der Waals surface area (Å²) in [5.41, 5.74) is -0.375. The molecule has 0 atom stereocenters. The van der Waals surface area contributed by atoms with Crippen molar-refractivity contribution >= 4 is 5.97 Å². The zero-order chi connectivity index (χ0) is 12.6. The maximum absolute atomic E-state index is 11.3. The molecule has 0 spiro atoms. The van der Waals surface area contributed by atoms with Crippen molar-refractivity contribution in [1.29, 1.82) is 0 Å². The van der Waals surface area contributed by atoms with Crippen molar-refractivity contribution in [2.75, 3.05) is 33.2 Å². The fourth-order valence-corrected chi connectivity index (χ4v) is 1.14. The Morgan fingerprint density at radius 1 is 1.31 bits per heavy atom. The molecule has 0 amide bonds. The van der Waals surface area contributed by atoms with Gasteiger partial charge >= 0.3 is 5.97 Å². The molecule has 0 heterocycles. The number of nitrogens with one attached hydrogen (secondary N) is 1. The summed E-state index contributed by atoms with van der Waals surface area (Å²) in [6.45, 7) is 11.4. The summed E-state index contributed by atoms with van der Waals surface area (Å²) >= 11 is 0. The van der Waals surface area contributed by atoms with Gasteiger partial charge in [0.15, 0.2) is 0 Å². The third-order valence-electron chi connectivity index (χ3n) is 2.14. The van der Waals surface area contributed by atoms with Crippen LogP contribution in [0.5, 0.6) is 0 Å². The molecule has 0 aromatic carbocycles. The second-order valence-corrected chi connectivity index (χ2v) is 4.98. The van der Waals surface area contributed by atoms with E-state index in [4.69, 9.17) is 4.74 Å². The van der Waals surface area contributed by atoms with Gasteiger partial charge in [0.25, 0.3) is 0 Å². The lowest BCUT2D eigenvalue weighted by atomic mass is 10.2. The number of hydrogen-bond donors (Lipinski definition) is 1. The van der Waals surface area contributed by atoms with Gasteiger partial charge in [-0.25, -0.2) is 0 Å². The average molecular weight is 230 g/mol. The second-order valence-electron chi connectivity index (χ2n) is 4.98. The van der Waals surface area contributed by atoms with Crippen LogP contribution in [-0.4, -0.2) is 49.7 Å². The van der Waals surface area contributed by atoms with Gasteiger partial charge in [0.05, 0.1) is 6.42 Å². The van der Waals surface area contributed by atoms with Crippen molar-refractivity contribution in [1.82, 2.24) is 10.2 Å². The van der Waals surface area contributed by atoms with Crippen molar-refractivity contribution in [3.63, 3.8) is 0 Å². The standard InChI is InChI=1S/C12H26N2O2/c1-6-14(5)10-9-13-8-7-11(15)16-12(2,3)4/h13H,6-10H2,1-5H3. The first kappa shape index (κ1) is 15.4. The summed E-state index contributed by atoms with van der Waals surface area (Å²) in [7, 11) is 2.08. The number of esters is 1. The SMILES string of the molecule is CCN(C)CCNCCC(=O)OC(C)(C)C. The van der Waals surface area contributed by atoms with E-state index in [1.54, 1.807) is 0 Å². The maximum atomic E-state index is 11.3. The van der Waals surface area contributed by atoms with Crippen LogP contribution in [0.3, 0.4) is 0 Å². The molecular weight excluding hydrogens is 204 g/mol. The predicted octanol–water partition coefficient (Wildman–Crippen LogP) is 1.26. The lowest BCUT2D eigenvalue weighted by molar-refractivity contribution is -0.154.